The highest BCUT2D eigenvalue weighted by Gasteiger charge is 2.15. The number of nitriles is 1. The summed E-state index contributed by atoms with van der Waals surface area (Å²) in [6.45, 7) is 6.07. The van der Waals surface area contributed by atoms with Crippen molar-refractivity contribution in [2.75, 3.05) is 6.61 Å². The Morgan fingerprint density at radius 2 is 2.24 bits per heavy atom. The number of ether oxygens (including phenoxy) is 1. The van der Waals surface area contributed by atoms with Gasteiger partial charge in [0.05, 0.1) is 18.1 Å². The molecule has 0 bridgehead atoms. The normalized spacial score (nSPS) is 11.3. The molecule has 0 amide bonds. The maximum Gasteiger partial charge on any atom is 0.328 e. The maximum atomic E-state index is 10.6. The average Bonchev–Trinajstić information content (AvgIpc) is 2.43. The van der Waals surface area contributed by atoms with Gasteiger partial charge in [-0.3, -0.25) is 0 Å². The van der Waals surface area contributed by atoms with E-state index in [1.165, 1.54) is 6.08 Å². The Morgan fingerprint density at radius 3 is 2.86 bits per heavy atom. The number of aliphatic carboxylic acids is 1. The molecule has 112 valence electrons. The molecule has 0 aliphatic rings. The molecule has 1 aromatic heterocycles. The lowest BCUT2D eigenvalue weighted by atomic mass is 9.90. The molecule has 1 aromatic rings. The van der Waals surface area contributed by atoms with Gasteiger partial charge in [0.15, 0.2) is 0 Å². The number of hydrogen-bond donors (Lipinski definition) is 1. The van der Waals surface area contributed by atoms with Gasteiger partial charge < -0.3 is 9.84 Å². The molecule has 1 rings (SSSR count). The van der Waals surface area contributed by atoms with E-state index in [9.17, 15) is 4.79 Å². The van der Waals surface area contributed by atoms with E-state index in [4.69, 9.17) is 15.1 Å². The van der Waals surface area contributed by atoms with Crippen LogP contribution in [0.25, 0.3) is 6.08 Å². The number of pyridine rings is 1. The quantitative estimate of drug-likeness (QED) is 0.615. The van der Waals surface area contributed by atoms with Crippen LogP contribution in [-0.2, 0) is 4.79 Å². The highest BCUT2D eigenvalue weighted by molar-refractivity contribution is 5.85. The summed E-state index contributed by atoms with van der Waals surface area (Å²) < 4.78 is 5.65. The second-order valence-corrected chi connectivity index (χ2v) is 5.46. The molecule has 0 saturated carbocycles. The fourth-order valence-electron chi connectivity index (χ4n) is 1.71. The van der Waals surface area contributed by atoms with E-state index in [0.29, 0.717) is 18.1 Å². The summed E-state index contributed by atoms with van der Waals surface area (Å²) in [5.41, 5.74) is 0.927. The van der Waals surface area contributed by atoms with Crippen molar-refractivity contribution in [1.29, 1.82) is 5.26 Å². The summed E-state index contributed by atoms with van der Waals surface area (Å²) in [6, 6.07) is 5.84. The number of carbonyl (C=O) groups is 1. The lowest BCUT2D eigenvalue weighted by Gasteiger charge is -2.15. The fraction of sp³-hybridized carbons (Fsp3) is 0.438. The zero-order valence-corrected chi connectivity index (χ0v) is 12.6. The average molecular weight is 288 g/mol. The first-order valence-electron chi connectivity index (χ1n) is 6.77. The van der Waals surface area contributed by atoms with Gasteiger partial charge in [0.1, 0.15) is 11.4 Å². The summed E-state index contributed by atoms with van der Waals surface area (Å²) in [7, 11) is 0. The van der Waals surface area contributed by atoms with Gasteiger partial charge in [-0.1, -0.05) is 0 Å². The molecule has 0 spiro atoms. The fourth-order valence-corrected chi connectivity index (χ4v) is 1.71. The van der Waals surface area contributed by atoms with E-state index in [1.807, 2.05) is 26.8 Å². The van der Waals surface area contributed by atoms with Gasteiger partial charge in [0.2, 0.25) is 0 Å². The second-order valence-electron chi connectivity index (χ2n) is 5.46. The Kier molecular flexibility index (Phi) is 5.92. The molecule has 0 aliphatic carbocycles. The largest absolute Gasteiger partial charge is 0.491 e. The maximum absolute atomic E-state index is 10.6. The van der Waals surface area contributed by atoms with E-state index in [0.717, 1.165) is 24.6 Å². The molecule has 0 atom stereocenters. The summed E-state index contributed by atoms with van der Waals surface area (Å²) >= 11 is 0. The van der Waals surface area contributed by atoms with Crippen LogP contribution in [0.4, 0.5) is 0 Å². The third-order valence-electron chi connectivity index (χ3n) is 2.92. The zero-order chi connectivity index (χ0) is 15.9. The first-order chi connectivity index (χ1) is 9.84. The second kappa shape index (κ2) is 7.44. The van der Waals surface area contributed by atoms with Crippen LogP contribution >= 0.6 is 0 Å². The highest BCUT2D eigenvalue weighted by Crippen LogP contribution is 2.22. The van der Waals surface area contributed by atoms with Gasteiger partial charge in [-0.25, -0.2) is 9.78 Å². The predicted octanol–water partition coefficient (Wildman–Crippen LogP) is 3.20. The summed E-state index contributed by atoms with van der Waals surface area (Å²) in [4.78, 5) is 14.8. The minimum Gasteiger partial charge on any atom is -0.491 e. The molecule has 5 heteroatoms. The third-order valence-corrected chi connectivity index (χ3v) is 2.92. The number of aryl methyl sites for hydroxylation is 1. The minimum atomic E-state index is -1.03. The molecule has 0 fully saturated rings. The first-order valence-corrected chi connectivity index (χ1v) is 6.77. The Labute approximate surface area is 124 Å². The van der Waals surface area contributed by atoms with Crippen molar-refractivity contribution in [2.24, 2.45) is 5.41 Å². The topological polar surface area (TPSA) is 83.2 Å². The number of nitrogens with zero attached hydrogens (tertiary/aromatic N) is 2. The van der Waals surface area contributed by atoms with Crippen molar-refractivity contribution in [3.8, 4) is 11.8 Å². The van der Waals surface area contributed by atoms with Crippen molar-refractivity contribution in [2.45, 2.75) is 33.6 Å². The molecular weight excluding hydrogens is 268 g/mol. The van der Waals surface area contributed by atoms with Crippen molar-refractivity contribution in [3.05, 3.63) is 29.6 Å². The molecule has 0 aliphatic heterocycles. The smallest absolute Gasteiger partial charge is 0.328 e. The van der Waals surface area contributed by atoms with E-state index < -0.39 is 5.97 Å². The van der Waals surface area contributed by atoms with Gasteiger partial charge in [-0.2, -0.15) is 5.26 Å². The van der Waals surface area contributed by atoms with Gasteiger partial charge >= 0.3 is 5.97 Å². The van der Waals surface area contributed by atoms with Crippen LogP contribution in [0.3, 0.4) is 0 Å². The zero-order valence-electron chi connectivity index (χ0n) is 12.6. The van der Waals surface area contributed by atoms with Gasteiger partial charge in [0.25, 0.3) is 0 Å². The lowest BCUT2D eigenvalue weighted by molar-refractivity contribution is -0.131. The predicted molar refractivity (Wildman–Crippen MR) is 79.8 cm³/mol. The minimum absolute atomic E-state index is 0.360. The monoisotopic (exact) mass is 288 g/mol. The number of aromatic nitrogens is 1. The third kappa shape index (κ3) is 6.09. The molecule has 1 heterocycles. The number of carboxylic acids is 1. The Bertz CT molecular complexity index is 571. The van der Waals surface area contributed by atoms with E-state index in [2.05, 4.69) is 11.1 Å². The Hall–Kier alpha value is -2.35. The number of rotatable bonds is 7. The lowest BCUT2D eigenvalue weighted by Crippen LogP contribution is -2.10. The molecule has 0 unspecified atom stereocenters. The summed E-state index contributed by atoms with van der Waals surface area (Å²) in [6.07, 6.45) is 3.94. The molecule has 0 aromatic carbocycles. The van der Waals surface area contributed by atoms with Crippen molar-refractivity contribution >= 4 is 12.0 Å². The molecule has 0 saturated heterocycles. The van der Waals surface area contributed by atoms with Crippen LogP contribution < -0.4 is 4.74 Å². The highest BCUT2D eigenvalue weighted by atomic mass is 16.5. The van der Waals surface area contributed by atoms with Crippen molar-refractivity contribution in [1.82, 2.24) is 4.98 Å². The van der Waals surface area contributed by atoms with E-state index in [1.54, 1.807) is 6.07 Å². The van der Waals surface area contributed by atoms with Crippen molar-refractivity contribution in [3.63, 3.8) is 0 Å². The van der Waals surface area contributed by atoms with Crippen LogP contribution in [0.15, 0.2) is 18.2 Å². The Balaban J connectivity index is 2.67. The van der Waals surface area contributed by atoms with Crippen LogP contribution in [0.2, 0.25) is 0 Å². The number of carboxylic acid groups (broad SMARTS) is 1. The van der Waals surface area contributed by atoms with E-state index >= 15 is 0 Å². The molecule has 5 nitrogen and oxygen atoms in total. The van der Waals surface area contributed by atoms with Crippen molar-refractivity contribution < 1.29 is 14.6 Å². The molecular formula is C16H20N2O3. The number of hydrogen-bond acceptors (Lipinski definition) is 4. The van der Waals surface area contributed by atoms with Gasteiger partial charge in [-0.05, 0) is 51.8 Å². The Morgan fingerprint density at radius 1 is 1.52 bits per heavy atom. The van der Waals surface area contributed by atoms with Crippen LogP contribution in [0.5, 0.6) is 5.75 Å². The summed E-state index contributed by atoms with van der Waals surface area (Å²) in [5.74, 6) is -0.479. The molecule has 1 N–H and O–H groups in total. The van der Waals surface area contributed by atoms with Gasteiger partial charge in [-0.15, -0.1) is 0 Å². The van der Waals surface area contributed by atoms with Crippen LogP contribution in [0.1, 0.15) is 38.1 Å². The van der Waals surface area contributed by atoms with Crippen LogP contribution in [-0.4, -0.2) is 22.7 Å². The standard InChI is InChI=1S/C16H20N2O3/c1-12-5-7-14(13(18-12)6-8-15(19)20)21-10-4-9-16(2,3)11-17/h5-8H,4,9-10H2,1-3H3,(H,19,20). The molecule has 21 heavy (non-hydrogen) atoms. The summed E-state index contributed by atoms with van der Waals surface area (Å²) in [5, 5.41) is 17.6. The van der Waals surface area contributed by atoms with Crippen LogP contribution in [0, 0.1) is 23.7 Å². The van der Waals surface area contributed by atoms with E-state index in [-0.39, 0.29) is 5.41 Å². The SMILES string of the molecule is Cc1ccc(OCCCC(C)(C)C#N)c(C=CC(=O)O)n1. The first kappa shape index (κ1) is 16.7. The molecule has 0 radical (unpaired) electrons. The van der Waals surface area contributed by atoms with Gasteiger partial charge in [0, 0.05) is 11.8 Å².